The van der Waals surface area contributed by atoms with Gasteiger partial charge in [0.15, 0.2) is 0 Å². The van der Waals surface area contributed by atoms with E-state index in [4.69, 9.17) is 0 Å². The normalized spacial score (nSPS) is 11.5. The molecular formula is C9H17N5O2S. The second-order valence-electron chi connectivity index (χ2n) is 3.68. The number of hydrogen-bond donors (Lipinski definition) is 2. The molecule has 0 fully saturated rings. The van der Waals surface area contributed by atoms with Crippen LogP contribution < -0.4 is 10.0 Å². The molecule has 0 amide bonds. The molecule has 1 rings (SSSR count). The van der Waals surface area contributed by atoms with Crippen molar-refractivity contribution in [3.8, 4) is 0 Å². The first-order chi connectivity index (χ1) is 7.94. The van der Waals surface area contributed by atoms with E-state index in [1.165, 1.54) is 0 Å². The number of sulfonamides is 1. The fourth-order valence-electron chi connectivity index (χ4n) is 1.13. The van der Waals surface area contributed by atoms with Crippen molar-refractivity contribution in [2.75, 3.05) is 24.1 Å². The molecule has 0 aromatic carbocycles. The molecule has 2 N–H and O–H groups in total. The fraction of sp³-hybridized carbons (Fsp3) is 0.667. The summed E-state index contributed by atoms with van der Waals surface area (Å²) in [6, 6.07) is 0. The van der Waals surface area contributed by atoms with Gasteiger partial charge < -0.3 is 5.32 Å². The van der Waals surface area contributed by atoms with Crippen molar-refractivity contribution < 1.29 is 8.42 Å². The highest BCUT2D eigenvalue weighted by atomic mass is 32.2. The number of anilines is 1. The Labute approximate surface area is 101 Å². The molecule has 0 aliphatic heterocycles. The quantitative estimate of drug-likeness (QED) is 0.689. The fourth-order valence-corrected chi connectivity index (χ4v) is 2.12. The molecule has 0 aliphatic rings. The summed E-state index contributed by atoms with van der Waals surface area (Å²) < 4.78 is 25.6. The van der Waals surface area contributed by atoms with Gasteiger partial charge in [-0.1, -0.05) is 0 Å². The van der Waals surface area contributed by atoms with Gasteiger partial charge in [0.05, 0.1) is 17.1 Å². The van der Waals surface area contributed by atoms with Gasteiger partial charge in [-0.3, -0.25) is 0 Å². The van der Waals surface area contributed by atoms with E-state index in [2.05, 4.69) is 25.2 Å². The van der Waals surface area contributed by atoms with Crippen molar-refractivity contribution in [3.63, 3.8) is 0 Å². The highest BCUT2D eigenvalue weighted by molar-refractivity contribution is 7.92. The molecule has 0 bridgehead atoms. The van der Waals surface area contributed by atoms with Gasteiger partial charge >= 0.3 is 0 Å². The first-order valence-corrected chi connectivity index (χ1v) is 6.93. The molecule has 0 spiro atoms. The average Bonchev–Trinajstić information content (AvgIpc) is 2.23. The summed E-state index contributed by atoms with van der Waals surface area (Å²) in [5.74, 6) is 0.0574. The second kappa shape index (κ2) is 5.87. The average molecular weight is 259 g/mol. The predicted octanol–water partition coefficient (Wildman–Crippen LogP) is -0.160. The van der Waals surface area contributed by atoms with Gasteiger partial charge in [-0.15, -0.1) is 5.10 Å². The number of nitrogens with one attached hydrogen (secondary N) is 2. The lowest BCUT2D eigenvalue weighted by molar-refractivity contribution is 0.596. The van der Waals surface area contributed by atoms with Gasteiger partial charge in [-0.25, -0.2) is 18.1 Å². The summed E-state index contributed by atoms with van der Waals surface area (Å²) in [7, 11) is -1.62. The van der Waals surface area contributed by atoms with Crippen LogP contribution in [0.1, 0.15) is 17.8 Å². The van der Waals surface area contributed by atoms with Crippen molar-refractivity contribution in [1.29, 1.82) is 0 Å². The van der Waals surface area contributed by atoms with Crippen LogP contribution in [-0.2, 0) is 10.0 Å². The van der Waals surface area contributed by atoms with Gasteiger partial charge in [0.1, 0.15) is 0 Å². The first kappa shape index (κ1) is 13.8. The molecule has 96 valence electrons. The summed E-state index contributed by atoms with van der Waals surface area (Å²) in [6.07, 6.45) is 0.532. The Kier molecular flexibility index (Phi) is 4.76. The monoisotopic (exact) mass is 259 g/mol. The van der Waals surface area contributed by atoms with E-state index in [1.54, 1.807) is 20.9 Å². The summed E-state index contributed by atoms with van der Waals surface area (Å²) >= 11 is 0. The lowest BCUT2D eigenvalue weighted by atomic mass is 10.4. The van der Waals surface area contributed by atoms with Crippen LogP contribution in [0, 0.1) is 13.8 Å². The van der Waals surface area contributed by atoms with Crippen LogP contribution in [0.4, 0.5) is 5.95 Å². The maximum Gasteiger partial charge on any atom is 0.256 e. The Hall–Kier alpha value is -1.28. The highest BCUT2D eigenvalue weighted by Gasteiger charge is 2.12. The Bertz CT molecular complexity index is 474. The molecule has 1 aromatic heterocycles. The van der Waals surface area contributed by atoms with E-state index in [1.807, 2.05) is 0 Å². The van der Waals surface area contributed by atoms with E-state index in [0.717, 1.165) is 0 Å². The Morgan fingerprint density at radius 2 is 1.88 bits per heavy atom. The highest BCUT2D eigenvalue weighted by Crippen LogP contribution is 2.04. The maximum absolute atomic E-state index is 11.6. The summed E-state index contributed by atoms with van der Waals surface area (Å²) in [5, 5.41) is 10.4. The smallest absolute Gasteiger partial charge is 0.256 e. The molecule has 0 aliphatic carbocycles. The zero-order valence-corrected chi connectivity index (χ0v) is 11.0. The van der Waals surface area contributed by atoms with E-state index in [0.29, 0.717) is 24.4 Å². The lowest BCUT2D eigenvalue weighted by Gasteiger charge is -2.06. The van der Waals surface area contributed by atoms with Gasteiger partial charge in [-0.2, -0.15) is 5.10 Å². The third-order valence-electron chi connectivity index (χ3n) is 2.18. The van der Waals surface area contributed by atoms with Crippen molar-refractivity contribution in [1.82, 2.24) is 20.5 Å². The molecule has 8 heteroatoms. The zero-order valence-electron chi connectivity index (χ0n) is 10.2. The van der Waals surface area contributed by atoms with E-state index >= 15 is 0 Å². The van der Waals surface area contributed by atoms with Crippen molar-refractivity contribution in [3.05, 3.63) is 11.4 Å². The Balaban J connectivity index is 2.66. The largest absolute Gasteiger partial charge is 0.320 e. The minimum Gasteiger partial charge on any atom is -0.320 e. The predicted molar refractivity (Wildman–Crippen MR) is 65.3 cm³/mol. The summed E-state index contributed by atoms with van der Waals surface area (Å²) in [5.41, 5.74) is 1.34. The van der Waals surface area contributed by atoms with Crippen LogP contribution in [0.5, 0.6) is 0 Å². The van der Waals surface area contributed by atoms with Crippen LogP contribution >= 0.6 is 0 Å². The topological polar surface area (TPSA) is 96.9 Å². The number of aryl methyl sites for hydroxylation is 2. The standard InChI is InChI=1S/C9H17N5O2S/c1-7-8(2)12-13-9(11-7)14-17(15,16)6-4-5-10-3/h10H,4-6H2,1-3H3,(H,11,13,14). The molecule has 1 aromatic rings. The minimum absolute atomic E-state index is 0.0255. The van der Waals surface area contributed by atoms with E-state index < -0.39 is 10.0 Å². The minimum atomic E-state index is -3.39. The first-order valence-electron chi connectivity index (χ1n) is 5.27. The van der Waals surface area contributed by atoms with Crippen LogP contribution in [-0.4, -0.2) is 42.9 Å². The Morgan fingerprint density at radius 1 is 1.18 bits per heavy atom. The molecule has 17 heavy (non-hydrogen) atoms. The van der Waals surface area contributed by atoms with Gasteiger partial charge in [0, 0.05) is 0 Å². The number of rotatable bonds is 6. The van der Waals surface area contributed by atoms with Gasteiger partial charge in [0.2, 0.25) is 10.0 Å². The molecule has 1 heterocycles. The van der Waals surface area contributed by atoms with E-state index in [-0.39, 0.29) is 11.7 Å². The number of aromatic nitrogens is 3. The maximum atomic E-state index is 11.6. The molecule has 0 saturated carbocycles. The molecule has 0 atom stereocenters. The molecule has 7 nitrogen and oxygen atoms in total. The third-order valence-corrected chi connectivity index (χ3v) is 3.50. The Morgan fingerprint density at radius 3 is 2.47 bits per heavy atom. The lowest BCUT2D eigenvalue weighted by Crippen LogP contribution is -2.21. The van der Waals surface area contributed by atoms with Crippen LogP contribution in [0.25, 0.3) is 0 Å². The number of hydrogen-bond acceptors (Lipinski definition) is 6. The zero-order chi connectivity index (χ0) is 12.9. The van der Waals surface area contributed by atoms with Crippen LogP contribution in [0.2, 0.25) is 0 Å². The van der Waals surface area contributed by atoms with Gasteiger partial charge in [0.25, 0.3) is 5.95 Å². The van der Waals surface area contributed by atoms with Gasteiger partial charge in [-0.05, 0) is 33.9 Å². The number of nitrogens with zero attached hydrogens (tertiary/aromatic N) is 3. The summed E-state index contributed by atoms with van der Waals surface area (Å²) in [6.45, 7) is 4.16. The SMILES string of the molecule is CNCCCS(=O)(=O)Nc1nnc(C)c(C)n1. The van der Waals surface area contributed by atoms with Crippen molar-refractivity contribution >= 4 is 16.0 Å². The molecule has 0 unspecified atom stereocenters. The van der Waals surface area contributed by atoms with E-state index in [9.17, 15) is 8.42 Å². The molecule has 0 saturated heterocycles. The molecule has 0 radical (unpaired) electrons. The van der Waals surface area contributed by atoms with Crippen LogP contribution in [0.15, 0.2) is 0 Å². The molecular weight excluding hydrogens is 242 g/mol. The van der Waals surface area contributed by atoms with Crippen LogP contribution in [0.3, 0.4) is 0 Å². The van der Waals surface area contributed by atoms with Crippen molar-refractivity contribution in [2.24, 2.45) is 0 Å². The second-order valence-corrected chi connectivity index (χ2v) is 5.53. The summed E-state index contributed by atoms with van der Waals surface area (Å²) in [4.78, 5) is 4.01. The third kappa shape index (κ3) is 4.61. The van der Waals surface area contributed by atoms with Crippen molar-refractivity contribution in [2.45, 2.75) is 20.3 Å².